The number of hydrogen-bond donors (Lipinski definition) is 2. The Balaban J connectivity index is 1.90. The van der Waals surface area contributed by atoms with Crippen molar-refractivity contribution in [3.63, 3.8) is 0 Å². The summed E-state index contributed by atoms with van der Waals surface area (Å²) in [6.45, 7) is 0.546. The second kappa shape index (κ2) is 6.78. The van der Waals surface area contributed by atoms with Gasteiger partial charge in [0.2, 0.25) is 0 Å². The van der Waals surface area contributed by atoms with Gasteiger partial charge in [-0.2, -0.15) is 0 Å². The van der Waals surface area contributed by atoms with E-state index in [1.165, 1.54) is 18.4 Å². The molecule has 0 radical (unpaired) electrons. The van der Waals surface area contributed by atoms with Crippen molar-refractivity contribution < 1.29 is 4.74 Å². The Labute approximate surface area is 113 Å². The Morgan fingerprint density at radius 3 is 2.67 bits per heavy atom. The Morgan fingerprint density at radius 1 is 1.28 bits per heavy atom. The fraction of sp³-hybridized carbons (Fsp3) is 0.429. The monoisotopic (exact) mass is 266 g/mol. The Bertz CT molecular complexity index is 403. The van der Waals surface area contributed by atoms with Crippen LogP contribution in [-0.2, 0) is 0 Å². The Hall–Kier alpha value is -1.03. The first-order chi connectivity index (χ1) is 8.79. The lowest BCUT2D eigenvalue weighted by molar-refractivity contribution is 0.278. The molecule has 1 aromatic rings. The van der Waals surface area contributed by atoms with E-state index >= 15 is 0 Å². The zero-order chi connectivity index (χ0) is 12.8. The second-order valence-electron chi connectivity index (χ2n) is 4.51. The van der Waals surface area contributed by atoms with E-state index < -0.39 is 0 Å². The van der Waals surface area contributed by atoms with Crippen molar-refractivity contribution in [3.8, 4) is 5.75 Å². The Morgan fingerprint density at radius 2 is 2.06 bits per heavy atom. The summed E-state index contributed by atoms with van der Waals surface area (Å²) in [5.41, 5.74) is 4.19. The smallest absolute Gasteiger partial charge is 0.119 e. The molecule has 0 aliphatic heterocycles. The molecule has 0 saturated heterocycles. The molecule has 98 valence electrons. The third-order valence-electron chi connectivity index (χ3n) is 3.21. The summed E-state index contributed by atoms with van der Waals surface area (Å²) in [4.78, 5) is 0. The average molecular weight is 267 g/mol. The number of nitrogens with one attached hydrogen (secondary N) is 1. The van der Waals surface area contributed by atoms with E-state index in [1.807, 2.05) is 24.3 Å². The highest BCUT2D eigenvalue weighted by molar-refractivity contribution is 6.30. The molecule has 0 fully saturated rings. The molecule has 2 rings (SSSR count). The molecule has 1 unspecified atom stereocenters. The zero-order valence-electron chi connectivity index (χ0n) is 10.4. The van der Waals surface area contributed by atoms with Gasteiger partial charge in [-0.1, -0.05) is 23.3 Å². The fourth-order valence-electron chi connectivity index (χ4n) is 2.15. The van der Waals surface area contributed by atoms with Gasteiger partial charge in [0.1, 0.15) is 12.4 Å². The molecular weight excluding hydrogens is 248 g/mol. The van der Waals surface area contributed by atoms with Gasteiger partial charge in [0.25, 0.3) is 0 Å². The molecule has 0 heterocycles. The lowest BCUT2D eigenvalue weighted by Gasteiger charge is -2.22. The van der Waals surface area contributed by atoms with Gasteiger partial charge >= 0.3 is 0 Å². The number of ether oxygens (including phenoxy) is 1. The van der Waals surface area contributed by atoms with Gasteiger partial charge in [0.05, 0.1) is 6.04 Å². The van der Waals surface area contributed by atoms with Crippen LogP contribution in [0.4, 0.5) is 0 Å². The van der Waals surface area contributed by atoms with Crippen LogP contribution >= 0.6 is 11.6 Å². The number of allylic oxidation sites excluding steroid dienone is 1. The molecule has 0 spiro atoms. The largest absolute Gasteiger partial charge is 0.492 e. The van der Waals surface area contributed by atoms with Crippen molar-refractivity contribution in [1.82, 2.24) is 5.43 Å². The molecule has 0 saturated carbocycles. The van der Waals surface area contributed by atoms with Crippen LogP contribution in [0.15, 0.2) is 35.9 Å². The Kier molecular flexibility index (Phi) is 5.05. The van der Waals surface area contributed by atoms with Gasteiger partial charge in [-0.15, -0.1) is 0 Å². The van der Waals surface area contributed by atoms with E-state index in [-0.39, 0.29) is 6.04 Å². The first kappa shape index (κ1) is 13.4. The van der Waals surface area contributed by atoms with Crippen molar-refractivity contribution in [2.45, 2.75) is 31.7 Å². The summed E-state index contributed by atoms with van der Waals surface area (Å²) in [5, 5.41) is 0.714. The summed E-state index contributed by atoms with van der Waals surface area (Å²) in [6, 6.07) is 7.47. The maximum atomic E-state index is 5.83. The minimum atomic E-state index is 0.0981. The molecule has 3 nitrogen and oxygen atoms in total. The van der Waals surface area contributed by atoms with Crippen LogP contribution in [0.5, 0.6) is 5.75 Å². The summed E-state index contributed by atoms with van der Waals surface area (Å²) < 4.78 is 5.73. The van der Waals surface area contributed by atoms with Crippen LogP contribution < -0.4 is 16.0 Å². The SMILES string of the molecule is NNC(COc1ccc(Cl)cc1)C1=CCCCC1. The highest BCUT2D eigenvalue weighted by Crippen LogP contribution is 2.21. The van der Waals surface area contributed by atoms with Gasteiger partial charge in [-0.25, -0.2) is 5.43 Å². The molecule has 4 heteroatoms. The topological polar surface area (TPSA) is 47.3 Å². The number of rotatable bonds is 5. The molecule has 1 aliphatic carbocycles. The number of hydrogen-bond acceptors (Lipinski definition) is 3. The molecular formula is C14H19ClN2O. The predicted molar refractivity (Wildman–Crippen MR) is 74.6 cm³/mol. The van der Waals surface area contributed by atoms with Gasteiger partial charge in [0.15, 0.2) is 0 Å². The third kappa shape index (κ3) is 3.73. The van der Waals surface area contributed by atoms with E-state index in [4.69, 9.17) is 22.2 Å². The lowest BCUT2D eigenvalue weighted by atomic mass is 9.94. The summed E-state index contributed by atoms with van der Waals surface area (Å²) >= 11 is 5.83. The van der Waals surface area contributed by atoms with Crippen molar-refractivity contribution >= 4 is 11.6 Å². The van der Waals surface area contributed by atoms with Crippen LogP contribution in [0.3, 0.4) is 0 Å². The minimum Gasteiger partial charge on any atom is -0.492 e. The van der Waals surface area contributed by atoms with Gasteiger partial charge < -0.3 is 4.74 Å². The van der Waals surface area contributed by atoms with Crippen molar-refractivity contribution in [2.24, 2.45) is 5.84 Å². The molecule has 0 amide bonds. The van der Waals surface area contributed by atoms with E-state index in [1.54, 1.807) is 0 Å². The molecule has 0 bridgehead atoms. The third-order valence-corrected chi connectivity index (χ3v) is 3.46. The number of nitrogens with two attached hydrogens (primary N) is 1. The number of benzene rings is 1. The molecule has 3 N–H and O–H groups in total. The van der Waals surface area contributed by atoms with Gasteiger partial charge in [-0.05, 0) is 49.9 Å². The summed E-state index contributed by atoms with van der Waals surface area (Å²) in [7, 11) is 0. The maximum absolute atomic E-state index is 5.83. The summed E-state index contributed by atoms with van der Waals surface area (Å²) in [5.74, 6) is 6.42. The zero-order valence-corrected chi connectivity index (χ0v) is 11.1. The number of halogens is 1. The molecule has 1 aliphatic rings. The van der Waals surface area contributed by atoms with Crippen molar-refractivity contribution in [3.05, 3.63) is 40.9 Å². The van der Waals surface area contributed by atoms with E-state index in [9.17, 15) is 0 Å². The highest BCUT2D eigenvalue weighted by Gasteiger charge is 2.15. The first-order valence-electron chi connectivity index (χ1n) is 6.33. The van der Waals surface area contributed by atoms with Gasteiger partial charge in [0, 0.05) is 5.02 Å². The molecule has 0 aromatic heterocycles. The lowest BCUT2D eigenvalue weighted by Crippen LogP contribution is -2.41. The van der Waals surface area contributed by atoms with Crippen molar-refractivity contribution in [1.29, 1.82) is 0 Å². The van der Waals surface area contributed by atoms with E-state index in [0.29, 0.717) is 11.6 Å². The minimum absolute atomic E-state index is 0.0981. The molecule has 18 heavy (non-hydrogen) atoms. The highest BCUT2D eigenvalue weighted by atomic mass is 35.5. The van der Waals surface area contributed by atoms with Crippen LogP contribution in [0.1, 0.15) is 25.7 Å². The maximum Gasteiger partial charge on any atom is 0.119 e. The summed E-state index contributed by atoms with van der Waals surface area (Å²) in [6.07, 6.45) is 7.05. The van der Waals surface area contributed by atoms with Crippen LogP contribution in [0.2, 0.25) is 5.02 Å². The van der Waals surface area contributed by atoms with Crippen LogP contribution in [-0.4, -0.2) is 12.6 Å². The quantitative estimate of drug-likeness (QED) is 0.489. The molecule has 1 atom stereocenters. The van der Waals surface area contributed by atoms with Gasteiger partial charge in [-0.3, -0.25) is 5.84 Å². The van der Waals surface area contributed by atoms with Crippen molar-refractivity contribution in [2.75, 3.05) is 6.61 Å². The van der Waals surface area contributed by atoms with Crippen LogP contribution in [0, 0.1) is 0 Å². The standard InChI is InChI=1S/C14H19ClN2O/c15-12-6-8-13(9-7-12)18-10-14(17-16)11-4-2-1-3-5-11/h4,6-9,14,17H,1-3,5,10,16H2. The molecule has 1 aromatic carbocycles. The average Bonchev–Trinajstić information content (AvgIpc) is 2.43. The second-order valence-corrected chi connectivity index (χ2v) is 4.95. The fourth-order valence-corrected chi connectivity index (χ4v) is 2.28. The normalized spacial score (nSPS) is 17.1. The van der Waals surface area contributed by atoms with E-state index in [2.05, 4.69) is 11.5 Å². The number of hydrazine groups is 1. The predicted octanol–water partition coefficient (Wildman–Crippen LogP) is 3.05. The van der Waals surface area contributed by atoms with Crippen LogP contribution in [0.25, 0.3) is 0 Å². The first-order valence-corrected chi connectivity index (χ1v) is 6.71. The van der Waals surface area contributed by atoms with E-state index in [0.717, 1.165) is 18.6 Å².